The number of nitrogens with zero attached hydrogens (tertiary/aromatic N) is 4. The minimum atomic E-state index is 0.220. The molecule has 1 atom stereocenters. The molecule has 0 aliphatic carbocycles. The first-order valence-electron chi connectivity index (χ1n) is 5.39. The van der Waals surface area contributed by atoms with Crippen LogP contribution in [0.2, 0.25) is 0 Å². The Bertz CT molecular complexity index is 349. The molecule has 0 amide bonds. The van der Waals surface area contributed by atoms with E-state index in [1.165, 1.54) is 0 Å². The third-order valence-electron chi connectivity index (χ3n) is 2.48. The first-order valence-corrected chi connectivity index (χ1v) is 5.80. The molecule has 1 rings (SSSR count). The van der Waals surface area contributed by atoms with Gasteiger partial charge in [-0.15, -0.1) is 0 Å². The van der Waals surface area contributed by atoms with E-state index in [4.69, 9.17) is 18.0 Å². The number of aromatic nitrogens is 3. The molecular weight excluding hydrogens is 222 g/mol. The van der Waals surface area contributed by atoms with Crippen molar-refractivity contribution in [2.75, 3.05) is 13.6 Å². The summed E-state index contributed by atoms with van der Waals surface area (Å²) in [5.41, 5.74) is 5.59. The van der Waals surface area contributed by atoms with E-state index in [9.17, 15) is 0 Å². The summed E-state index contributed by atoms with van der Waals surface area (Å²) < 4.78 is 1.89. The summed E-state index contributed by atoms with van der Waals surface area (Å²) >= 11 is 4.95. The fourth-order valence-corrected chi connectivity index (χ4v) is 1.61. The average Bonchev–Trinajstić information content (AvgIpc) is 2.64. The van der Waals surface area contributed by atoms with E-state index < -0.39 is 0 Å². The maximum Gasteiger partial charge on any atom is 0.140 e. The Balaban J connectivity index is 2.51. The molecule has 0 bridgehead atoms. The van der Waals surface area contributed by atoms with Crippen LogP contribution in [0.4, 0.5) is 0 Å². The zero-order valence-electron chi connectivity index (χ0n) is 10.1. The third-order valence-corrected chi connectivity index (χ3v) is 2.88. The van der Waals surface area contributed by atoms with Crippen LogP contribution in [0.3, 0.4) is 0 Å². The summed E-state index contributed by atoms with van der Waals surface area (Å²) in [5.74, 6) is 1.19. The molecule has 2 N–H and O–H groups in total. The minimum absolute atomic E-state index is 0.220. The highest BCUT2D eigenvalue weighted by molar-refractivity contribution is 7.80. The van der Waals surface area contributed by atoms with Crippen LogP contribution >= 0.6 is 12.2 Å². The molecule has 0 aromatic carbocycles. The molecule has 0 saturated carbocycles. The molecule has 0 aliphatic rings. The normalized spacial score (nSPS) is 13.0. The number of rotatable bonds is 6. The van der Waals surface area contributed by atoms with E-state index >= 15 is 0 Å². The van der Waals surface area contributed by atoms with Crippen LogP contribution < -0.4 is 5.73 Å². The number of hydrogen-bond donors (Lipinski definition) is 1. The molecule has 1 unspecified atom stereocenters. The van der Waals surface area contributed by atoms with Crippen LogP contribution in [0.1, 0.15) is 19.7 Å². The first kappa shape index (κ1) is 13.1. The Hall–Kier alpha value is -1.01. The summed E-state index contributed by atoms with van der Waals surface area (Å²) in [6, 6.07) is 0. The highest BCUT2D eigenvalue weighted by Crippen LogP contribution is 2.03. The van der Waals surface area contributed by atoms with Crippen LogP contribution in [0.5, 0.6) is 0 Å². The standard InChI is InChI=1S/C10H19N5S/c1-4-15-9(12-7-13-15)6-14(3)5-8(2)10(11)16/h7-8H,4-6H2,1-3H3,(H2,11,16). The molecule has 0 radical (unpaired) electrons. The van der Waals surface area contributed by atoms with Crippen LogP contribution in [-0.2, 0) is 13.1 Å². The lowest BCUT2D eigenvalue weighted by Gasteiger charge is -2.20. The summed E-state index contributed by atoms with van der Waals surface area (Å²) in [5, 5.41) is 4.13. The minimum Gasteiger partial charge on any atom is -0.393 e. The van der Waals surface area contributed by atoms with Crippen molar-refractivity contribution in [3.05, 3.63) is 12.2 Å². The van der Waals surface area contributed by atoms with Crippen molar-refractivity contribution in [3.63, 3.8) is 0 Å². The van der Waals surface area contributed by atoms with Crippen molar-refractivity contribution in [1.82, 2.24) is 19.7 Å². The van der Waals surface area contributed by atoms with Gasteiger partial charge in [-0.25, -0.2) is 9.67 Å². The third kappa shape index (κ3) is 3.53. The average molecular weight is 241 g/mol. The number of hydrogen-bond acceptors (Lipinski definition) is 4. The maximum atomic E-state index is 5.59. The quantitative estimate of drug-likeness (QED) is 0.741. The number of thiocarbonyl (C=S) groups is 1. The lowest BCUT2D eigenvalue weighted by atomic mass is 10.2. The van der Waals surface area contributed by atoms with Gasteiger partial charge in [0.05, 0.1) is 11.5 Å². The highest BCUT2D eigenvalue weighted by atomic mass is 32.1. The topological polar surface area (TPSA) is 60.0 Å². The van der Waals surface area contributed by atoms with Gasteiger partial charge in [0.2, 0.25) is 0 Å². The summed E-state index contributed by atoms with van der Waals surface area (Å²) in [6.45, 7) is 6.53. The van der Waals surface area contributed by atoms with E-state index in [1.807, 2.05) is 18.7 Å². The van der Waals surface area contributed by atoms with Gasteiger partial charge in [-0.2, -0.15) is 5.10 Å². The zero-order chi connectivity index (χ0) is 12.1. The predicted octanol–water partition coefficient (Wildman–Crippen LogP) is 0.652. The van der Waals surface area contributed by atoms with Crippen molar-refractivity contribution in [2.24, 2.45) is 11.7 Å². The van der Waals surface area contributed by atoms with E-state index in [1.54, 1.807) is 6.33 Å². The van der Waals surface area contributed by atoms with E-state index in [0.29, 0.717) is 4.99 Å². The van der Waals surface area contributed by atoms with Crippen LogP contribution in [0.15, 0.2) is 6.33 Å². The zero-order valence-corrected chi connectivity index (χ0v) is 10.9. The van der Waals surface area contributed by atoms with Gasteiger partial charge in [0.25, 0.3) is 0 Å². The highest BCUT2D eigenvalue weighted by Gasteiger charge is 2.11. The van der Waals surface area contributed by atoms with Crippen LogP contribution in [0, 0.1) is 5.92 Å². The molecular formula is C10H19N5S. The van der Waals surface area contributed by atoms with Gasteiger partial charge in [0.15, 0.2) is 0 Å². The molecule has 5 nitrogen and oxygen atoms in total. The van der Waals surface area contributed by atoms with Crippen molar-refractivity contribution in [2.45, 2.75) is 26.9 Å². The van der Waals surface area contributed by atoms with Gasteiger partial charge >= 0.3 is 0 Å². The van der Waals surface area contributed by atoms with Gasteiger partial charge < -0.3 is 5.73 Å². The summed E-state index contributed by atoms with van der Waals surface area (Å²) in [4.78, 5) is 6.94. The van der Waals surface area contributed by atoms with Crippen molar-refractivity contribution >= 4 is 17.2 Å². The second-order valence-corrected chi connectivity index (χ2v) is 4.46. The molecule has 90 valence electrons. The Kier molecular flexibility index (Phi) is 4.82. The van der Waals surface area contributed by atoms with Crippen molar-refractivity contribution in [3.8, 4) is 0 Å². The Morgan fingerprint density at radius 1 is 1.69 bits per heavy atom. The summed E-state index contributed by atoms with van der Waals surface area (Å²) in [7, 11) is 2.03. The molecule has 1 aromatic heterocycles. The van der Waals surface area contributed by atoms with E-state index in [-0.39, 0.29) is 5.92 Å². The maximum absolute atomic E-state index is 5.59. The second-order valence-electron chi connectivity index (χ2n) is 3.99. The van der Waals surface area contributed by atoms with Gasteiger partial charge in [-0.05, 0) is 14.0 Å². The lowest BCUT2D eigenvalue weighted by molar-refractivity contribution is 0.293. The van der Waals surface area contributed by atoms with Gasteiger partial charge in [-0.1, -0.05) is 19.1 Å². The Labute approximate surface area is 102 Å². The first-order chi connectivity index (χ1) is 7.54. The lowest BCUT2D eigenvalue weighted by Crippen LogP contribution is -2.31. The van der Waals surface area contributed by atoms with Crippen LogP contribution in [-0.4, -0.2) is 38.2 Å². The summed E-state index contributed by atoms with van der Waals surface area (Å²) in [6.07, 6.45) is 1.59. The molecule has 0 spiro atoms. The van der Waals surface area contributed by atoms with Gasteiger partial charge in [-0.3, -0.25) is 4.90 Å². The van der Waals surface area contributed by atoms with Crippen LogP contribution in [0.25, 0.3) is 0 Å². The number of aryl methyl sites for hydroxylation is 1. The van der Waals surface area contributed by atoms with E-state index in [0.717, 1.165) is 25.5 Å². The molecule has 1 aromatic rings. The number of nitrogens with two attached hydrogens (primary N) is 1. The molecule has 0 fully saturated rings. The predicted molar refractivity (Wildman–Crippen MR) is 68.0 cm³/mol. The Morgan fingerprint density at radius 2 is 2.38 bits per heavy atom. The largest absolute Gasteiger partial charge is 0.393 e. The SMILES string of the molecule is CCn1ncnc1CN(C)CC(C)C(N)=S. The fourth-order valence-electron chi connectivity index (χ4n) is 1.54. The van der Waals surface area contributed by atoms with Gasteiger partial charge in [0.1, 0.15) is 12.2 Å². The monoisotopic (exact) mass is 241 g/mol. The van der Waals surface area contributed by atoms with Gasteiger partial charge in [0, 0.05) is 19.0 Å². The van der Waals surface area contributed by atoms with E-state index in [2.05, 4.69) is 21.9 Å². The van der Waals surface area contributed by atoms with Crippen molar-refractivity contribution in [1.29, 1.82) is 0 Å². The molecule has 0 saturated heterocycles. The second kappa shape index (κ2) is 5.91. The Morgan fingerprint density at radius 3 is 2.94 bits per heavy atom. The molecule has 16 heavy (non-hydrogen) atoms. The molecule has 1 heterocycles. The molecule has 6 heteroatoms. The fraction of sp³-hybridized carbons (Fsp3) is 0.700. The molecule has 0 aliphatic heterocycles. The smallest absolute Gasteiger partial charge is 0.140 e. The van der Waals surface area contributed by atoms with Crippen molar-refractivity contribution < 1.29 is 0 Å².